The minimum absolute atomic E-state index is 0.00272. The van der Waals surface area contributed by atoms with Crippen LogP contribution in [0.5, 0.6) is 0 Å². The maximum Gasteiger partial charge on any atom is 0.303 e. The lowest BCUT2D eigenvalue weighted by molar-refractivity contribution is -0.138. The number of aliphatic carboxylic acids is 1. The molecule has 1 aromatic carbocycles. The predicted octanol–water partition coefficient (Wildman–Crippen LogP) is 3.02. The fourth-order valence-electron chi connectivity index (χ4n) is 1.82. The Labute approximate surface area is 117 Å². The molecule has 2 atom stereocenters. The fraction of sp³-hybridized carbons (Fsp3) is 0.429. The summed E-state index contributed by atoms with van der Waals surface area (Å²) >= 11 is 5.80. The third-order valence-corrected chi connectivity index (χ3v) is 3.06. The van der Waals surface area contributed by atoms with Crippen molar-refractivity contribution in [3.63, 3.8) is 0 Å². The molecule has 0 radical (unpaired) electrons. The highest BCUT2D eigenvalue weighted by Crippen LogP contribution is 2.16. The van der Waals surface area contributed by atoms with Crippen LogP contribution in [-0.4, -0.2) is 17.0 Å². The highest BCUT2D eigenvalue weighted by molar-refractivity contribution is 6.30. The van der Waals surface area contributed by atoms with Gasteiger partial charge in [-0.1, -0.05) is 30.7 Å². The summed E-state index contributed by atoms with van der Waals surface area (Å²) in [5, 5.41) is 12.1. The third kappa shape index (κ3) is 5.75. The Morgan fingerprint density at radius 3 is 2.32 bits per heavy atom. The number of benzene rings is 1. The van der Waals surface area contributed by atoms with E-state index in [2.05, 4.69) is 5.32 Å². The van der Waals surface area contributed by atoms with E-state index < -0.39 is 5.97 Å². The smallest absolute Gasteiger partial charge is 0.303 e. The molecule has 0 aromatic heterocycles. The van der Waals surface area contributed by atoms with E-state index in [9.17, 15) is 9.59 Å². The van der Waals surface area contributed by atoms with E-state index in [0.717, 1.165) is 5.56 Å². The molecule has 0 heterocycles. The van der Waals surface area contributed by atoms with Gasteiger partial charge in [0.05, 0.1) is 6.04 Å². The minimum Gasteiger partial charge on any atom is -0.481 e. The Balaban J connectivity index is 2.47. The van der Waals surface area contributed by atoms with Crippen molar-refractivity contribution in [1.29, 1.82) is 0 Å². The topological polar surface area (TPSA) is 66.4 Å². The van der Waals surface area contributed by atoms with Gasteiger partial charge in [0.2, 0.25) is 5.91 Å². The summed E-state index contributed by atoms with van der Waals surface area (Å²) in [5.74, 6) is -1.20. The second kappa shape index (κ2) is 7.14. The van der Waals surface area contributed by atoms with Crippen LogP contribution in [0.4, 0.5) is 0 Å². The van der Waals surface area contributed by atoms with Crippen LogP contribution in [0, 0.1) is 5.92 Å². The van der Waals surface area contributed by atoms with Crippen molar-refractivity contribution in [1.82, 2.24) is 5.32 Å². The molecule has 4 nitrogen and oxygen atoms in total. The molecule has 1 aromatic rings. The van der Waals surface area contributed by atoms with Crippen LogP contribution in [-0.2, 0) is 9.59 Å². The van der Waals surface area contributed by atoms with Crippen molar-refractivity contribution in [3.8, 4) is 0 Å². The molecule has 0 spiro atoms. The zero-order valence-corrected chi connectivity index (χ0v) is 11.8. The molecule has 1 rings (SSSR count). The van der Waals surface area contributed by atoms with E-state index >= 15 is 0 Å². The monoisotopic (exact) mass is 283 g/mol. The zero-order valence-electron chi connectivity index (χ0n) is 11.0. The second-order valence-corrected chi connectivity index (χ2v) is 5.18. The number of hydrogen-bond acceptors (Lipinski definition) is 2. The summed E-state index contributed by atoms with van der Waals surface area (Å²) in [6, 6.07) is 7.13. The average molecular weight is 284 g/mol. The van der Waals surface area contributed by atoms with Crippen LogP contribution in [0.25, 0.3) is 0 Å². The molecule has 5 heteroatoms. The molecule has 1 amide bonds. The van der Waals surface area contributed by atoms with Gasteiger partial charge in [-0.25, -0.2) is 0 Å². The first-order chi connectivity index (χ1) is 8.88. The van der Waals surface area contributed by atoms with Crippen LogP contribution in [0.15, 0.2) is 24.3 Å². The number of carboxylic acid groups (broad SMARTS) is 1. The van der Waals surface area contributed by atoms with Crippen molar-refractivity contribution in [2.24, 2.45) is 5.92 Å². The summed E-state index contributed by atoms with van der Waals surface area (Å²) in [4.78, 5) is 22.3. The molecule has 104 valence electrons. The van der Waals surface area contributed by atoms with E-state index in [1.54, 1.807) is 19.1 Å². The Bertz CT molecular complexity index is 445. The van der Waals surface area contributed by atoms with Crippen molar-refractivity contribution < 1.29 is 14.7 Å². The summed E-state index contributed by atoms with van der Waals surface area (Å²) in [6.45, 7) is 3.63. The van der Waals surface area contributed by atoms with Crippen LogP contribution >= 0.6 is 11.6 Å². The van der Waals surface area contributed by atoms with Crippen LogP contribution in [0.1, 0.15) is 38.3 Å². The van der Waals surface area contributed by atoms with E-state index in [1.807, 2.05) is 19.1 Å². The minimum atomic E-state index is -0.883. The molecule has 2 N–H and O–H groups in total. The first-order valence-electron chi connectivity index (χ1n) is 6.15. The third-order valence-electron chi connectivity index (χ3n) is 2.80. The number of rotatable bonds is 6. The van der Waals surface area contributed by atoms with Gasteiger partial charge >= 0.3 is 5.97 Å². The van der Waals surface area contributed by atoms with Crippen molar-refractivity contribution in [3.05, 3.63) is 34.9 Å². The summed E-state index contributed by atoms with van der Waals surface area (Å²) in [5.41, 5.74) is 0.962. The van der Waals surface area contributed by atoms with Gasteiger partial charge in [-0.2, -0.15) is 0 Å². The maximum atomic E-state index is 11.8. The number of carbonyl (C=O) groups excluding carboxylic acids is 1. The van der Waals surface area contributed by atoms with Crippen molar-refractivity contribution >= 4 is 23.5 Å². The Kier molecular flexibility index (Phi) is 5.83. The summed E-state index contributed by atoms with van der Waals surface area (Å²) < 4.78 is 0. The van der Waals surface area contributed by atoms with E-state index in [-0.39, 0.29) is 30.7 Å². The Hall–Kier alpha value is -1.55. The molecule has 0 saturated heterocycles. The molecule has 19 heavy (non-hydrogen) atoms. The lowest BCUT2D eigenvalue weighted by Crippen LogP contribution is -2.28. The van der Waals surface area contributed by atoms with Gasteiger partial charge in [-0.15, -0.1) is 0 Å². The van der Waals surface area contributed by atoms with Gasteiger partial charge < -0.3 is 10.4 Å². The quantitative estimate of drug-likeness (QED) is 0.843. The van der Waals surface area contributed by atoms with Crippen molar-refractivity contribution in [2.75, 3.05) is 0 Å². The predicted molar refractivity (Wildman–Crippen MR) is 74.0 cm³/mol. The number of halogens is 1. The Morgan fingerprint density at radius 2 is 1.79 bits per heavy atom. The van der Waals surface area contributed by atoms with E-state index in [1.165, 1.54) is 0 Å². The second-order valence-electron chi connectivity index (χ2n) is 4.75. The molecule has 0 bridgehead atoms. The van der Waals surface area contributed by atoms with Crippen LogP contribution in [0.2, 0.25) is 5.02 Å². The highest BCUT2D eigenvalue weighted by Gasteiger charge is 2.15. The van der Waals surface area contributed by atoms with Gasteiger partial charge in [-0.05, 0) is 30.5 Å². The number of carbonyl (C=O) groups is 2. The van der Waals surface area contributed by atoms with Crippen LogP contribution < -0.4 is 5.32 Å². The van der Waals surface area contributed by atoms with Gasteiger partial charge in [0.1, 0.15) is 0 Å². The fourth-order valence-corrected chi connectivity index (χ4v) is 1.95. The van der Waals surface area contributed by atoms with Gasteiger partial charge in [0.25, 0.3) is 0 Å². The molecule has 0 saturated carbocycles. The lowest BCUT2D eigenvalue weighted by atomic mass is 10.0. The van der Waals surface area contributed by atoms with Gasteiger partial charge in [-0.3, -0.25) is 9.59 Å². The number of carboxylic acids is 1. The SMILES string of the molecule is CC(CC(=O)O)CC(=O)NC(C)c1ccc(Cl)cc1. The number of hydrogen-bond donors (Lipinski definition) is 2. The Morgan fingerprint density at radius 1 is 1.21 bits per heavy atom. The average Bonchev–Trinajstić information content (AvgIpc) is 2.27. The molecular weight excluding hydrogens is 266 g/mol. The van der Waals surface area contributed by atoms with Crippen molar-refractivity contribution in [2.45, 2.75) is 32.7 Å². The lowest BCUT2D eigenvalue weighted by Gasteiger charge is -2.16. The standard InChI is InChI=1S/C14H18ClNO3/c1-9(8-14(18)19)7-13(17)16-10(2)11-3-5-12(15)6-4-11/h3-6,9-10H,7-8H2,1-2H3,(H,16,17)(H,18,19). The maximum absolute atomic E-state index is 11.8. The van der Waals surface area contributed by atoms with E-state index in [0.29, 0.717) is 5.02 Å². The largest absolute Gasteiger partial charge is 0.481 e. The first kappa shape index (κ1) is 15.5. The van der Waals surface area contributed by atoms with E-state index in [4.69, 9.17) is 16.7 Å². The highest BCUT2D eigenvalue weighted by atomic mass is 35.5. The van der Waals surface area contributed by atoms with Crippen LogP contribution in [0.3, 0.4) is 0 Å². The summed E-state index contributed by atoms with van der Waals surface area (Å²) in [6.07, 6.45) is 0.215. The van der Waals surface area contributed by atoms with Gasteiger partial charge in [0, 0.05) is 17.9 Å². The zero-order chi connectivity index (χ0) is 14.4. The molecule has 0 aliphatic rings. The normalized spacial score (nSPS) is 13.6. The molecule has 0 aliphatic carbocycles. The molecule has 0 fully saturated rings. The molecule has 0 aliphatic heterocycles. The number of nitrogens with one attached hydrogen (secondary N) is 1. The first-order valence-corrected chi connectivity index (χ1v) is 6.53. The number of amides is 1. The molecular formula is C14H18ClNO3. The molecule has 2 unspecified atom stereocenters. The summed E-state index contributed by atoms with van der Waals surface area (Å²) in [7, 11) is 0. The van der Waals surface area contributed by atoms with Gasteiger partial charge in [0.15, 0.2) is 0 Å².